The molecule has 0 N–H and O–H groups in total. The van der Waals surface area contributed by atoms with Gasteiger partial charge in [0.2, 0.25) is 12.4 Å². The maximum absolute atomic E-state index is 13.6. The number of hydrogen-bond acceptors (Lipinski definition) is 6. The van der Waals surface area contributed by atoms with Gasteiger partial charge in [-0.05, 0) is 70.8 Å². The standard InChI is InChI=1S/C36H12F12N6/c37-33(38,39)19-5-17(6-20(11-19)34(40,41)42)15-1-3-23-25(9-15)27(51-13-49)31-29(23)53-32-28(52-14-50)26-10-16(2-4-24(26)30(32)54-31)18-7-21(35(43,44)45)12-22(8-18)36(46,47)48/h1-12H. The van der Waals surface area contributed by atoms with Crippen LogP contribution in [-0.4, -0.2) is 9.97 Å². The van der Waals surface area contributed by atoms with Crippen LogP contribution in [0.5, 0.6) is 0 Å². The largest absolute Gasteiger partial charge is 0.416 e. The van der Waals surface area contributed by atoms with E-state index in [1.807, 2.05) is 0 Å². The number of hydrogen-bond donors (Lipinski definition) is 0. The van der Waals surface area contributed by atoms with Gasteiger partial charge in [-0.15, -0.1) is 0 Å². The summed E-state index contributed by atoms with van der Waals surface area (Å²) in [6, 6.07) is 9.57. The average molecular weight is 757 g/mol. The number of fused-ring (bicyclic) bond motifs is 6. The molecule has 0 aliphatic heterocycles. The van der Waals surface area contributed by atoms with Gasteiger partial charge >= 0.3 is 24.7 Å². The number of rotatable bonds is 2. The summed E-state index contributed by atoms with van der Waals surface area (Å²) in [5.41, 5.74) is -7.39. The molecule has 6 nitrogen and oxygen atoms in total. The van der Waals surface area contributed by atoms with Crippen molar-refractivity contribution in [1.29, 1.82) is 10.5 Å². The Labute approximate surface area is 291 Å². The Hall–Kier alpha value is -6.56. The predicted molar refractivity (Wildman–Crippen MR) is 168 cm³/mol. The first-order valence-electron chi connectivity index (χ1n) is 14.9. The number of alkyl halides is 12. The zero-order valence-electron chi connectivity index (χ0n) is 26.1. The van der Waals surface area contributed by atoms with Crippen molar-refractivity contribution >= 4 is 43.6 Å². The zero-order valence-corrected chi connectivity index (χ0v) is 26.1. The van der Waals surface area contributed by atoms with E-state index >= 15 is 0 Å². The van der Waals surface area contributed by atoms with Gasteiger partial charge in [0.05, 0.1) is 33.3 Å². The highest BCUT2D eigenvalue weighted by molar-refractivity contribution is 6.15. The number of benzene rings is 4. The number of halogens is 12. The Bertz CT molecular complexity index is 2650. The molecule has 0 saturated heterocycles. The fourth-order valence-electron chi connectivity index (χ4n) is 6.22. The van der Waals surface area contributed by atoms with E-state index in [4.69, 9.17) is 0 Å². The van der Waals surface area contributed by atoms with Crippen LogP contribution in [0.3, 0.4) is 0 Å². The third kappa shape index (κ3) is 6.09. The van der Waals surface area contributed by atoms with Crippen LogP contribution in [0.2, 0.25) is 0 Å². The van der Waals surface area contributed by atoms with Gasteiger partial charge in [0, 0.05) is 21.5 Å². The fraction of sp³-hybridized carbons (Fsp3) is 0.111. The van der Waals surface area contributed by atoms with E-state index in [2.05, 4.69) is 20.0 Å². The van der Waals surface area contributed by atoms with Crippen LogP contribution in [0.15, 0.2) is 82.8 Å². The summed E-state index contributed by atoms with van der Waals surface area (Å²) < 4.78 is 163. The van der Waals surface area contributed by atoms with Crippen molar-refractivity contribution in [3.05, 3.63) is 106 Å². The topological polar surface area (TPSA) is 98.1 Å². The van der Waals surface area contributed by atoms with E-state index in [1.54, 1.807) is 12.4 Å². The quantitative estimate of drug-likeness (QED) is 0.130. The minimum Gasteiger partial charge on any atom is -0.241 e. The lowest BCUT2D eigenvalue weighted by molar-refractivity contribution is -0.144. The highest BCUT2D eigenvalue weighted by Crippen LogP contribution is 2.41. The molecule has 0 saturated carbocycles. The molecule has 0 aliphatic carbocycles. The molecule has 0 bridgehead atoms. The molecule has 0 amide bonds. The first-order valence-corrected chi connectivity index (χ1v) is 14.9. The summed E-state index contributed by atoms with van der Waals surface area (Å²) >= 11 is 0. The second kappa shape index (κ2) is 12.0. The van der Waals surface area contributed by atoms with Crippen molar-refractivity contribution in [2.24, 2.45) is 9.98 Å². The predicted octanol–water partition coefficient (Wildman–Crippen LogP) is 10.1. The first-order chi connectivity index (χ1) is 25.2. The fourth-order valence-corrected chi connectivity index (χ4v) is 6.22. The third-order valence-corrected chi connectivity index (χ3v) is 8.57. The lowest BCUT2D eigenvalue weighted by Gasteiger charge is -2.14. The van der Waals surface area contributed by atoms with Gasteiger partial charge in [0.15, 0.2) is 0 Å². The van der Waals surface area contributed by atoms with Gasteiger partial charge < -0.3 is 0 Å². The monoisotopic (exact) mass is 756 g/mol. The van der Waals surface area contributed by atoms with E-state index in [0.717, 1.165) is 0 Å². The lowest BCUT2D eigenvalue weighted by Crippen LogP contribution is -2.11. The summed E-state index contributed by atoms with van der Waals surface area (Å²) in [6.45, 7) is 0. The molecule has 1 aromatic heterocycles. The molecule has 270 valence electrons. The summed E-state index contributed by atoms with van der Waals surface area (Å²) in [5.74, 6) is 0. The van der Waals surface area contributed by atoms with Crippen molar-refractivity contribution in [1.82, 2.24) is 9.97 Å². The van der Waals surface area contributed by atoms with Crippen LogP contribution in [0, 0.1) is 22.9 Å². The van der Waals surface area contributed by atoms with Gasteiger partial charge in [0.25, 0.3) is 0 Å². The van der Waals surface area contributed by atoms with E-state index in [9.17, 15) is 63.2 Å². The Morgan fingerprint density at radius 1 is 0.389 bits per heavy atom. The van der Waals surface area contributed by atoms with Crippen LogP contribution in [0.1, 0.15) is 22.3 Å². The van der Waals surface area contributed by atoms with E-state index in [0.29, 0.717) is 24.3 Å². The van der Waals surface area contributed by atoms with Gasteiger partial charge in [-0.25, -0.2) is 9.97 Å². The number of nitrogens with zero attached hydrogens (tertiary/aromatic N) is 6. The normalized spacial score (nSPS) is 13.7. The molecule has 0 spiro atoms. The molecular formula is C36H12F12N6. The maximum Gasteiger partial charge on any atom is 0.416 e. The molecule has 1 heterocycles. The van der Waals surface area contributed by atoms with Crippen LogP contribution in [-0.2, 0) is 24.7 Å². The van der Waals surface area contributed by atoms with Crippen LogP contribution < -0.4 is 10.7 Å². The van der Waals surface area contributed by atoms with Crippen LogP contribution >= 0.6 is 0 Å². The molecule has 6 aromatic carbocycles. The molecule has 7 rings (SSSR count). The van der Waals surface area contributed by atoms with E-state index < -0.39 is 58.1 Å². The number of aromatic nitrogens is 2. The van der Waals surface area contributed by atoms with Crippen molar-refractivity contribution in [3.8, 4) is 34.6 Å². The molecule has 0 aliphatic rings. The van der Waals surface area contributed by atoms with Gasteiger partial charge in [0.1, 0.15) is 21.7 Å². The van der Waals surface area contributed by atoms with Crippen LogP contribution in [0.25, 0.3) is 65.9 Å². The second-order valence-electron chi connectivity index (χ2n) is 11.8. The highest BCUT2D eigenvalue weighted by Gasteiger charge is 2.38. The van der Waals surface area contributed by atoms with Crippen molar-refractivity contribution in [2.45, 2.75) is 24.7 Å². The molecule has 0 radical (unpaired) electrons. The lowest BCUT2D eigenvalue weighted by atomic mass is 9.98. The summed E-state index contributed by atoms with van der Waals surface area (Å²) in [4.78, 5) is 16.8. The SMILES string of the molecule is N#CN=c1c2cc(-c3cc(C(F)(F)F)cc(C(F)(F)F)c3)ccc2c2nc3c(=NC#N)c4cc(-c5cc(C(F)(F)F)cc(C(F)(F)F)c5)ccc4c3nc12. The zero-order chi connectivity index (χ0) is 39.1. The minimum atomic E-state index is -5.12. The maximum atomic E-state index is 13.6. The van der Waals surface area contributed by atoms with Crippen molar-refractivity contribution < 1.29 is 52.7 Å². The Kier molecular flexibility index (Phi) is 7.95. The molecule has 7 aromatic rings. The second-order valence-corrected chi connectivity index (χ2v) is 11.8. The van der Waals surface area contributed by atoms with E-state index in [1.165, 1.54) is 36.4 Å². The molecule has 0 fully saturated rings. The summed E-state index contributed by atoms with van der Waals surface area (Å²) in [5, 5.41) is 19.3. The molecule has 0 atom stereocenters. The Morgan fingerprint density at radius 2 is 0.704 bits per heavy atom. The molecular weight excluding hydrogens is 744 g/mol. The highest BCUT2D eigenvalue weighted by atomic mass is 19.4. The van der Waals surface area contributed by atoms with E-state index in [-0.39, 0.29) is 77.6 Å². The van der Waals surface area contributed by atoms with Crippen molar-refractivity contribution in [2.75, 3.05) is 0 Å². The summed E-state index contributed by atoms with van der Waals surface area (Å²) in [7, 11) is 0. The Morgan fingerprint density at radius 3 is 0.981 bits per heavy atom. The van der Waals surface area contributed by atoms with Gasteiger partial charge in [-0.1, -0.05) is 24.3 Å². The molecule has 0 unspecified atom stereocenters. The molecule has 18 heteroatoms. The van der Waals surface area contributed by atoms with Gasteiger partial charge in [-0.2, -0.15) is 73.2 Å². The minimum absolute atomic E-state index is 0.0226. The molecule has 54 heavy (non-hydrogen) atoms. The Balaban J connectivity index is 1.48. The van der Waals surface area contributed by atoms with Crippen LogP contribution in [0.4, 0.5) is 52.7 Å². The first kappa shape index (κ1) is 35.8. The van der Waals surface area contributed by atoms with Gasteiger partial charge in [-0.3, -0.25) is 0 Å². The third-order valence-electron chi connectivity index (χ3n) is 8.57. The summed E-state index contributed by atoms with van der Waals surface area (Å²) in [6.07, 6.45) is -17.3. The smallest absolute Gasteiger partial charge is 0.241 e. The van der Waals surface area contributed by atoms with Crippen molar-refractivity contribution in [3.63, 3.8) is 0 Å². The number of nitriles is 2. The average Bonchev–Trinajstić information content (AvgIpc) is 3.56.